The molecule has 0 aliphatic rings. The number of benzene rings is 1. The summed E-state index contributed by atoms with van der Waals surface area (Å²) in [7, 11) is 1.13. The van der Waals surface area contributed by atoms with Gasteiger partial charge in [-0.05, 0) is 37.0 Å². The smallest absolute Gasteiger partial charge is 0.413 e. The number of methoxy groups -OCH3 is 1. The van der Waals surface area contributed by atoms with Gasteiger partial charge in [0.25, 0.3) is 5.91 Å². The van der Waals surface area contributed by atoms with Crippen LogP contribution in [0.25, 0.3) is 0 Å². The number of ether oxygens (including phenoxy) is 3. The molecule has 1 aromatic carbocycles. The summed E-state index contributed by atoms with van der Waals surface area (Å²) >= 11 is 0. The molecule has 0 fully saturated rings. The van der Waals surface area contributed by atoms with Gasteiger partial charge in [-0.1, -0.05) is 32.9 Å². The van der Waals surface area contributed by atoms with Crippen molar-refractivity contribution >= 4 is 18.0 Å². The number of hydrogen-bond acceptors (Lipinski definition) is 6. The molecule has 2 amide bonds. The highest BCUT2D eigenvalue weighted by atomic mass is 16.6. The van der Waals surface area contributed by atoms with Gasteiger partial charge in [-0.25, -0.2) is 9.59 Å². The zero-order valence-corrected chi connectivity index (χ0v) is 15.4. The minimum absolute atomic E-state index is 0.0194. The highest BCUT2D eigenvalue weighted by Crippen LogP contribution is 2.24. The van der Waals surface area contributed by atoms with Gasteiger partial charge in [0.05, 0.1) is 7.11 Å². The minimum Gasteiger partial charge on any atom is -0.479 e. The molecule has 0 saturated carbocycles. The summed E-state index contributed by atoms with van der Waals surface area (Å²) in [6, 6.07) is 7.41. The largest absolute Gasteiger partial charge is 0.479 e. The second-order valence-electron chi connectivity index (χ2n) is 6.59. The van der Waals surface area contributed by atoms with Crippen molar-refractivity contribution in [3.63, 3.8) is 0 Å². The topological polar surface area (TPSA) is 90.9 Å². The summed E-state index contributed by atoms with van der Waals surface area (Å²) in [6.07, 6.45) is -2.98. The van der Waals surface area contributed by atoms with Crippen molar-refractivity contribution in [2.75, 3.05) is 7.11 Å². The zero-order chi connectivity index (χ0) is 19.2. The summed E-state index contributed by atoms with van der Waals surface area (Å²) in [4.78, 5) is 34.6. The van der Waals surface area contributed by atoms with E-state index in [1.165, 1.54) is 13.8 Å². The fourth-order valence-electron chi connectivity index (χ4n) is 1.86. The fourth-order valence-corrected chi connectivity index (χ4v) is 1.86. The summed E-state index contributed by atoms with van der Waals surface area (Å²) < 4.78 is 14.8. The second-order valence-corrected chi connectivity index (χ2v) is 6.59. The number of carbonyl (C=O) groups excluding carboxylic acids is 3. The molecule has 2 atom stereocenters. The van der Waals surface area contributed by atoms with Crippen molar-refractivity contribution in [2.24, 2.45) is 0 Å². The maximum Gasteiger partial charge on any atom is 0.413 e. The zero-order valence-electron chi connectivity index (χ0n) is 15.4. The predicted molar refractivity (Wildman–Crippen MR) is 91.3 cm³/mol. The van der Waals surface area contributed by atoms with Crippen LogP contribution in [-0.2, 0) is 24.5 Å². The third kappa shape index (κ3) is 6.45. The molecule has 0 aliphatic heterocycles. The van der Waals surface area contributed by atoms with E-state index >= 15 is 0 Å². The number of imide groups is 1. The summed E-state index contributed by atoms with van der Waals surface area (Å²) in [6.45, 7) is 9.17. The molecule has 0 bridgehead atoms. The molecule has 1 rings (SSSR count). The molecule has 138 valence electrons. The summed E-state index contributed by atoms with van der Waals surface area (Å²) in [5.41, 5.74) is 1.16. The van der Waals surface area contributed by atoms with Crippen LogP contribution in [0.5, 0.6) is 5.75 Å². The Kier molecular flexibility index (Phi) is 6.97. The van der Waals surface area contributed by atoms with Gasteiger partial charge in [-0.3, -0.25) is 10.1 Å². The monoisotopic (exact) mass is 351 g/mol. The standard InChI is InChI=1S/C18H25NO6/c1-11(15(20)19-17(22)23-6)25-16(21)12(2)24-14-9-7-13(8-10-14)18(3,4)5/h7-12H,1-6H3,(H,19,20,22)/t11-,12+/m0/s1. The van der Waals surface area contributed by atoms with Crippen LogP contribution < -0.4 is 10.1 Å². The average molecular weight is 351 g/mol. The van der Waals surface area contributed by atoms with Crippen molar-refractivity contribution in [3.05, 3.63) is 29.8 Å². The Morgan fingerprint density at radius 2 is 1.56 bits per heavy atom. The van der Waals surface area contributed by atoms with E-state index in [4.69, 9.17) is 9.47 Å². The van der Waals surface area contributed by atoms with Crippen LogP contribution in [-0.4, -0.2) is 37.3 Å². The highest BCUT2D eigenvalue weighted by molar-refractivity contribution is 5.95. The average Bonchev–Trinajstić information content (AvgIpc) is 2.54. The fraction of sp³-hybridized carbons (Fsp3) is 0.500. The quantitative estimate of drug-likeness (QED) is 0.820. The molecular formula is C18H25NO6. The van der Waals surface area contributed by atoms with Crippen LogP contribution in [0, 0.1) is 0 Å². The maximum atomic E-state index is 12.0. The second kappa shape index (κ2) is 8.50. The Labute approximate surface area is 147 Å². The molecule has 1 aromatic rings. The Balaban J connectivity index is 2.59. The lowest BCUT2D eigenvalue weighted by atomic mass is 9.87. The van der Waals surface area contributed by atoms with Crippen LogP contribution >= 0.6 is 0 Å². The van der Waals surface area contributed by atoms with Crippen molar-refractivity contribution < 1.29 is 28.6 Å². The lowest BCUT2D eigenvalue weighted by Crippen LogP contribution is -2.41. The normalized spacial score (nSPS) is 13.4. The Morgan fingerprint density at radius 1 is 1.00 bits per heavy atom. The Morgan fingerprint density at radius 3 is 2.04 bits per heavy atom. The summed E-state index contributed by atoms with van der Waals surface area (Å²) in [5, 5.41) is 1.93. The van der Waals surface area contributed by atoms with Crippen LogP contribution in [0.1, 0.15) is 40.2 Å². The molecule has 0 spiro atoms. The number of hydrogen-bond donors (Lipinski definition) is 1. The maximum absolute atomic E-state index is 12.0. The van der Waals surface area contributed by atoms with Crippen LogP contribution in [0.3, 0.4) is 0 Å². The first-order valence-corrected chi connectivity index (χ1v) is 7.91. The van der Waals surface area contributed by atoms with E-state index in [1.54, 1.807) is 12.1 Å². The van der Waals surface area contributed by atoms with E-state index in [0.29, 0.717) is 5.75 Å². The molecule has 25 heavy (non-hydrogen) atoms. The predicted octanol–water partition coefficient (Wildman–Crippen LogP) is 2.57. The molecule has 0 unspecified atom stereocenters. The van der Waals surface area contributed by atoms with Crippen molar-refractivity contribution in [1.29, 1.82) is 0 Å². The third-order valence-electron chi connectivity index (χ3n) is 3.44. The van der Waals surface area contributed by atoms with E-state index in [9.17, 15) is 14.4 Å². The van der Waals surface area contributed by atoms with E-state index in [2.05, 4.69) is 25.5 Å². The molecule has 0 saturated heterocycles. The lowest BCUT2D eigenvalue weighted by molar-refractivity contribution is -0.160. The van der Waals surface area contributed by atoms with Gasteiger partial charge in [0.1, 0.15) is 5.75 Å². The van der Waals surface area contributed by atoms with Gasteiger partial charge in [-0.15, -0.1) is 0 Å². The number of esters is 1. The van der Waals surface area contributed by atoms with E-state index in [0.717, 1.165) is 12.7 Å². The van der Waals surface area contributed by atoms with Crippen molar-refractivity contribution in [3.8, 4) is 5.75 Å². The van der Waals surface area contributed by atoms with Gasteiger partial charge in [-0.2, -0.15) is 0 Å². The molecule has 0 heterocycles. The van der Waals surface area contributed by atoms with Gasteiger partial charge in [0.2, 0.25) is 0 Å². The molecule has 0 radical (unpaired) electrons. The Hall–Kier alpha value is -2.57. The first-order chi connectivity index (χ1) is 11.5. The summed E-state index contributed by atoms with van der Waals surface area (Å²) in [5.74, 6) is -0.974. The van der Waals surface area contributed by atoms with Crippen molar-refractivity contribution in [1.82, 2.24) is 5.32 Å². The first kappa shape index (κ1) is 20.5. The van der Waals surface area contributed by atoms with Crippen LogP contribution in [0.4, 0.5) is 4.79 Å². The molecular weight excluding hydrogens is 326 g/mol. The highest BCUT2D eigenvalue weighted by Gasteiger charge is 2.24. The number of amides is 2. The molecule has 1 N–H and O–H groups in total. The minimum atomic E-state index is -1.15. The van der Waals surface area contributed by atoms with Crippen LogP contribution in [0.15, 0.2) is 24.3 Å². The third-order valence-corrected chi connectivity index (χ3v) is 3.44. The molecule has 7 nitrogen and oxygen atoms in total. The number of carbonyl (C=O) groups is 3. The van der Waals surface area contributed by atoms with Gasteiger partial charge >= 0.3 is 12.1 Å². The van der Waals surface area contributed by atoms with Crippen molar-refractivity contribution in [2.45, 2.75) is 52.2 Å². The lowest BCUT2D eigenvalue weighted by Gasteiger charge is -2.20. The first-order valence-electron chi connectivity index (χ1n) is 7.91. The molecule has 0 aromatic heterocycles. The number of nitrogens with one attached hydrogen (secondary N) is 1. The van der Waals surface area contributed by atoms with Crippen LogP contribution in [0.2, 0.25) is 0 Å². The van der Waals surface area contributed by atoms with E-state index < -0.39 is 30.2 Å². The SMILES string of the molecule is COC(=O)NC(=O)[C@H](C)OC(=O)[C@@H](C)Oc1ccc(C(C)(C)C)cc1. The van der Waals surface area contributed by atoms with E-state index in [-0.39, 0.29) is 5.41 Å². The number of alkyl carbamates (subject to hydrolysis) is 1. The van der Waals surface area contributed by atoms with Gasteiger partial charge in [0, 0.05) is 0 Å². The van der Waals surface area contributed by atoms with E-state index in [1.807, 2.05) is 17.4 Å². The number of rotatable bonds is 5. The van der Waals surface area contributed by atoms with Gasteiger partial charge in [0.15, 0.2) is 12.2 Å². The molecule has 7 heteroatoms. The van der Waals surface area contributed by atoms with Gasteiger partial charge < -0.3 is 14.2 Å². The molecule has 0 aliphatic carbocycles. The Bertz CT molecular complexity index is 617.